The molecule has 2 rings (SSSR count). The molecule has 0 unspecified atom stereocenters. The van der Waals surface area contributed by atoms with Crippen molar-refractivity contribution in [3.05, 3.63) is 17.7 Å². The van der Waals surface area contributed by atoms with E-state index < -0.39 is 9.84 Å². The van der Waals surface area contributed by atoms with Crippen molar-refractivity contribution >= 4 is 9.84 Å². The highest BCUT2D eigenvalue weighted by Gasteiger charge is 2.27. The zero-order valence-electron chi connectivity index (χ0n) is 9.47. The van der Waals surface area contributed by atoms with Gasteiger partial charge in [-0.1, -0.05) is 0 Å². The SMILES string of the molecule is NCCc1cnn(C2CCS(=O)(=O)CC2)c1F. The molecule has 0 radical (unpaired) electrons. The molecular weight excluding hydrogens is 245 g/mol. The van der Waals surface area contributed by atoms with Crippen molar-refractivity contribution in [2.45, 2.75) is 25.3 Å². The summed E-state index contributed by atoms with van der Waals surface area (Å²) in [5, 5.41) is 4.00. The molecule has 0 spiro atoms. The summed E-state index contributed by atoms with van der Waals surface area (Å²) in [6.07, 6.45) is 2.80. The summed E-state index contributed by atoms with van der Waals surface area (Å²) in [6, 6.07) is -0.148. The van der Waals surface area contributed by atoms with Gasteiger partial charge in [-0.3, -0.25) is 0 Å². The maximum absolute atomic E-state index is 13.9. The summed E-state index contributed by atoms with van der Waals surface area (Å²) in [7, 11) is -2.92. The topological polar surface area (TPSA) is 78.0 Å². The Balaban J connectivity index is 2.13. The van der Waals surface area contributed by atoms with Gasteiger partial charge in [-0.25, -0.2) is 13.1 Å². The predicted octanol–water partition coefficient (Wildman–Crippen LogP) is 0.273. The van der Waals surface area contributed by atoms with Gasteiger partial charge < -0.3 is 5.73 Å². The van der Waals surface area contributed by atoms with Crippen LogP contribution in [-0.4, -0.2) is 36.2 Å². The first kappa shape index (κ1) is 12.5. The zero-order chi connectivity index (χ0) is 12.5. The molecule has 0 bridgehead atoms. The Hall–Kier alpha value is -0.950. The van der Waals surface area contributed by atoms with Gasteiger partial charge in [-0.15, -0.1) is 0 Å². The lowest BCUT2D eigenvalue weighted by Crippen LogP contribution is -2.27. The molecule has 96 valence electrons. The quantitative estimate of drug-likeness (QED) is 0.847. The van der Waals surface area contributed by atoms with E-state index in [2.05, 4.69) is 5.10 Å². The Morgan fingerprint density at radius 2 is 2.12 bits per heavy atom. The average Bonchev–Trinajstić information content (AvgIpc) is 2.62. The summed E-state index contributed by atoms with van der Waals surface area (Å²) in [5.74, 6) is -0.147. The second kappa shape index (κ2) is 4.73. The minimum absolute atomic E-state index is 0.114. The fourth-order valence-corrected chi connectivity index (χ4v) is 3.55. The fourth-order valence-electron chi connectivity index (χ4n) is 2.08. The van der Waals surface area contributed by atoms with E-state index in [0.29, 0.717) is 31.4 Å². The van der Waals surface area contributed by atoms with Crippen LogP contribution >= 0.6 is 0 Å². The fraction of sp³-hybridized carbons (Fsp3) is 0.700. The summed E-state index contributed by atoms with van der Waals surface area (Å²) >= 11 is 0. The molecule has 0 amide bonds. The third-order valence-electron chi connectivity index (χ3n) is 3.09. The molecular formula is C10H16FN3O2S. The maximum Gasteiger partial charge on any atom is 0.214 e. The monoisotopic (exact) mass is 261 g/mol. The Morgan fingerprint density at radius 3 is 2.71 bits per heavy atom. The van der Waals surface area contributed by atoms with E-state index >= 15 is 0 Å². The van der Waals surface area contributed by atoms with Crippen LogP contribution in [0.3, 0.4) is 0 Å². The normalized spacial score (nSPS) is 20.6. The number of aromatic nitrogens is 2. The van der Waals surface area contributed by atoms with Crippen molar-refractivity contribution in [3.8, 4) is 0 Å². The van der Waals surface area contributed by atoms with Gasteiger partial charge in [0.1, 0.15) is 9.84 Å². The van der Waals surface area contributed by atoms with Gasteiger partial charge in [0.05, 0.1) is 23.7 Å². The Labute approximate surface area is 99.7 Å². The molecule has 0 aliphatic carbocycles. The molecule has 2 N–H and O–H groups in total. The van der Waals surface area contributed by atoms with Crippen LogP contribution in [0.15, 0.2) is 6.20 Å². The first-order valence-electron chi connectivity index (χ1n) is 5.66. The standard InChI is InChI=1S/C10H16FN3O2S/c11-10-8(1-4-12)7-13-14(10)9-2-5-17(15,16)6-3-9/h7,9H,1-6,12H2. The second-order valence-corrected chi connectivity index (χ2v) is 6.63. The first-order valence-corrected chi connectivity index (χ1v) is 7.48. The number of hydrogen-bond donors (Lipinski definition) is 1. The van der Waals surface area contributed by atoms with Gasteiger partial charge in [0.2, 0.25) is 5.95 Å². The molecule has 1 saturated heterocycles. The lowest BCUT2D eigenvalue weighted by atomic mass is 10.1. The number of hydrogen-bond acceptors (Lipinski definition) is 4. The molecule has 1 aromatic rings. The van der Waals surface area contributed by atoms with Gasteiger partial charge in [-0.05, 0) is 25.8 Å². The molecule has 2 heterocycles. The van der Waals surface area contributed by atoms with E-state index in [4.69, 9.17) is 5.73 Å². The molecule has 5 nitrogen and oxygen atoms in total. The van der Waals surface area contributed by atoms with Gasteiger partial charge in [0.25, 0.3) is 0 Å². The highest BCUT2D eigenvalue weighted by molar-refractivity contribution is 7.91. The minimum atomic E-state index is -2.92. The van der Waals surface area contributed by atoms with Crippen LogP contribution in [0, 0.1) is 5.95 Å². The van der Waals surface area contributed by atoms with Crippen LogP contribution in [0.2, 0.25) is 0 Å². The molecule has 1 fully saturated rings. The molecule has 1 aliphatic heterocycles. The number of halogens is 1. The Bertz CT molecular complexity index is 484. The maximum atomic E-state index is 13.9. The van der Waals surface area contributed by atoms with E-state index in [1.165, 1.54) is 10.9 Å². The van der Waals surface area contributed by atoms with E-state index in [1.807, 2.05) is 0 Å². The Kier molecular flexibility index (Phi) is 3.48. The number of nitrogens with zero attached hydrogens (tertiary/aromatic N) is 2. The molecule has 0 aromatic carbocycles. The summed E-state index contributed by atoms with van der Waals surface area (Å²) in [5.41, 5.74) is 5.87. The van der Waals surface area contributed by atoms with Gasteiger partial charge in [-0.2, -0.15) is 9.49 Å². The summed E-state index contributed by atoms with van der Waals surface area (Å²) in [4.78, 5) is 0. The predicted molar refractivity (Wildman–Crippen MR) is 61.9 cm³/mol. The van der Waals surface area contributed by atoms with Crippen LogP contribution < -0.4 is 5.73 Å². The van der Waals surface area contributed by atoms with Crippen LogP contribution in [-0.2, 0) is 16.3 Å². The van der Waals surface area contributed by atoms with E-state index in [0.717, 1.165) is 0 Å². The molecule has 1 aliphatic rings. The lowest BCUT2D eigenvalue weighted by Gasteiger charge is -2.22. The smallest absolute Gasteiger partial charge is 0.214 e. The third kappa shape index (κ3) is 2.66. The molecule has 0 atom stereocenters. The summed E-state index contributed by atoms with van der Waals surface area (Å²) in [6.45, 7) is 0.377. The number of rotatable bonds is 3. The molecule has 0 saturated carbocycles. The van der Waals surface area contributed by atoms with Gasteiger partial charge >= 0.3 is 0 Å². The molecule has 17 heavy (non-hydrogen) atoms. The molecule has 1 aromatic heterocycles. The van der Waals surface area contributed by atoms with Crippen molar-refractivity contribution < 1.29 is 12.8 Å². The minimum Gasteiger partial charge on any atom is -0.330 e. The Morgan fingerprint density at radius 1 is 1.47 bits per heavy atom. The second-order valence-electron chi connectivity index (χ2n) is 4.33. The number of nitrogens with two attached hydrogens (primary N) is 1. The highest BCUT2D eigenvalue weighted by atomic mass is 32.2. The van der Waals surface area contributed by atoms with Crippen molar-refractivity contribution in [2.24, 2.45) is 5.73 Å². The van der Waals surface area contributed by atoms with E-state index in [9.17, 15) is 12.8 Å². The largest absolute Gasteiger partial charge is 0.330 e. The average molecular weight is 261 g/mol. The molecule has 7 heteroatoms. The highest BCUT2D eigenvalue weighted by Crippen LogP contribution is 2.25. The van der Waals surface area contributed by atoms with E-state index in [1.54, 1.807) is 0 Å². The van der Waals surface area contributed by atoms with E-state index in [-0.39, 0.29) is 23.5 Å². The third-order valence-corrected chi connectivity index (χ3v) is 4.80. The lowest BCUT2D eigenvalue weighted by molar-refractivity contribution is 0.348. The van der Waals surface area contributed by atoms with Crippen LogP contribution in [0.4, 0.5) is 4.39 Å². The number of sulfone groups is 1. The summed E-state index contributed by atoms with van der Waals surface area (Å²) < 4.78 is 37.8. The van der Waals surface area contributed by atoms with Crippen molar-refractivity contribution in [2.75, 3.05) is 18.1 Å². The zero-order valence-corrected chi connectivity index (χ0v) is 10.3. The van der Waals surface area contributed by atoms with Crippen LogP contribution in [0.1, 0.15) is 24.4 Å². The van der Waals surface area contributed by atoms with Crippen LogP contribution in [0.5, 0.6) is 0 Å². The van der Waals surface area contributed by atoms with Gasteiger partial charge in [0.15, 0.2) is 0 Å². The van der Waals surface area contributed by atoms with Gasteiger partial charge in [0, 0.05) is 5.56 Å². The van der Waals surface area contributed by atoms with Crippen LogP contribution in [0.25, 0.3) is 0 Å². The first-order chi connectivity index (χ1) is 8.03. The van der Waals surface area contributed by atoms with Crippen molar-refractivity contribution in [1.82, 2.24) is 9.78 Å². The van der Waals surface area contributed by atoms with Crippen molar-refractivity contribution in [3.63, 3.8) is 0 Å². The van der Waals surface area contributed by atoms with Crippen molar-refractivity contribution in [1.29, 1.82) is 0 Å².